The van der Waals surface area contributed by atoms with Gasteiger partial charge in [0.05, 0.1) is 13.2 Å². The summed E-state index contributed by atoms with van der Waals surface area (Å²) in [6.07, 6.45) is 0. The van der Waals surface area contributed by atoms with E-state index in [1.165, 1.54) is 5.56 Å². The summed E-state index contributed by atoms with van der Waals surface area (Å²) in [5, 5.41) is 6.15. The largest absolute Gasteiger partial charge is 0.379 e. The summed E-state index contributed by atoms with van der Waals surface area (Å²) in [4.78, 5) is 23.6. The molecule has 3 rings (SSSR count). The molecule has 0 radical (unpaired) electrons. The molecule has 156 valence electrons. The highest BCUT2D eigenvalue weighted by Crippen LogP contribution is 2.24. The zero-order chi connectivity index (χ0) is 20.9. The van der Waals surface area contributed by atoms with E-state index < -0.39 is 0 Å². The van der Waals surface area contributed by atoms with E-state index in [1.54, 1.807) is 6.07 Å². The number of carbonyl (C=O) groups is 1. The second-order valence-electron chi connectivity index (χ2n) is 8.38. The molecule has 2 aromatic rings. The molecule has 1 aliphatic heterocycles. The Labute approximate surface area is 172 Å². The maximum absolute atomic E-state index is 12.5. The summed E-state index contributed by atoms with van der Waals surface area (Å²) in [5.41, 5.74) is 3.36. The number of aryl methyl sites for hydroxylation is 1. The van der Waals surface area contributed by atoms with Gasteiger partial charge in [-0.05, 0) is 36.1 Å². The van der Waals surface area contributed by atoms with Gasteiger partial charge >= 0.3 is 0 Å². The fourth-order valence-corrected chi connectivity index (χ4v) is 3.17. The molecule has 0 saturated carbocycles. The number of rotatable bonds is 6. The summed E-state index contributed by atoms with van der Waals surface area (Å²) in [6.45, 7) is 13.1. The summed E-state index contributed by atoms with van der Waals surface area (Å²) in [5.74, 6) is 0.238. The lowest BCUT2D eigenvalue weighted by Gasteiger charge is -2.26. The first-order valence-corrected chi connectivity index (χ1v) is 10.1. The minimum absolute atomic E-state index is 0.102. The molecule has 1 amide bonds. The van der Waals surface area contributed by atoms with Crippen molar-refractivity contribution in [3.63, 3.8) is 0 Å². The number of anilines is 2. The van der Waals surface area contributed by atoms with E-state index >= 15 is 0 Å². The van der Waals surface area contributed by atoms with Crippen LogP contribution in [0.4, 0.5) is 11.6 Å². The molecule has 0 atom stereocenters. The van der Waals surface area contributed by atoms with E-state index in [1.807, 2.05) is 19.1 Å². The Bertz CT molecular complexity index is 824. The SMILES string of the molecule is Cc1cc(C(=O)NCCN2CCOCC2)nc(Nc2ccc(C(C)(C)C)cc2)n1. The van der Waals surface area contributed by atoms with E-state index in [-0.39, 0.29) is 11.3 Å². The predicted octanol–water partition coefficient (Wildman–Crippen LogP) is 2.89. The van der Waals surface area contributed by atoms with Crippen LogP contribution < -0.4 is 10.6 Å². The lowest BCUT2D eigenvalue weighted by atomic mass is 9.87. The fraction of sp³-hybridized carbons (Fsp3) is 0.500. The molecule has 0 unspecified atom stereocenters. The van der Waals surface area contributed by atoms with Crippen LogP contribution in [-0.4, -0.2) is 60.2 Å². The maximum atomic E-state index is 12.5. The van der Waals surface area contributed by atoms with Gasteiger partial charge < -0.3 is 15.4 Å². The van der Waals surface area contributed by atoms with Crippen LogP contribution in [0, 0.1) is 6.92 Å². The average Bonchev–Trinajstić information content (AvgIpc) is 2.68. The quantitative estimate of drug-likeness (QED) is 0.780. The Balaban J connectivity index is 1.60. The van der Waals surface area contributed by atoms with Crippen molar-refractivity contribution >= 4 is 17.5 Å². The van der Waals surface area contributed by atoms with Gasteiger partial charge in [0, 0.05) is 37.6 Å². The number of hydrogen-bond acceptors (Lipinski definition) is 6. The maximum Gasteiger partial charge on any atom is 0.270 e. The van der Waals surface area contributed by atoms with E-state index in [0.29, 0.717) is 18.2 Å². The molecule has 2 N–H and O–H groups in total. The van der Waals surface area contributed by atoms with E-state index in [4.69, 9.17) is 4.74 Å². The lowest BCUT2D eigenvalue weighted by Crippen LogP contribution is -2.41. The van der Waals surface area contributed by atoms with E-state index in [2.05, 4.69) is 58.4 Å². The van der Waals surface area contributed by atoms with Crippen LogP contribution in [0.1, 0.15) is 42.5 Å². The summed E-state index contributed by atoms with van der Waals surface area (Å²) < 4.78 is 5.34. The van der Waals surface area contributed by atoms with Crippen LogP contribution in [0.15, 0.2) is 30.3 Å². The molecule has 2 heterocycles. The number of hydrogen-bond donors (Lipinski definition) is 2. The zero-order valence-corrected chi connectivity index (χ0v) is 17.8. The normalized spacial score (nSPS) is 15.2. The molecule has 0 spiro atoms. The molecule has 0 bridgehead atoms. The van der Waals surface area contributed by atoms with E-state index in [9.17, 15) is 4.79 Å². The molecule has 1 fully saturated rings. The first-order chi connectivity index (χ1) is 13.8. The van der Waals surface area contributed by atoms with Crippen molar-refractivity contribution in [3.8, 4) is 0 Å². The fourth-order valence-electron chi connectivity index (χ4n) is 3.17. The van der Waals surface area contributed by atoms with Crippen molar-refractivity contribution < 1.29 is 9.53 Å². The van der Waals surface area contributed by atoms with Gasteiger partial charge in [-0.25, -0.2) is 9.97 Å². The number of ether oxygens (including phenoxy) is 1. The van der Waals surface area contributed by atoms with Crippen molar-refractivity contribution in [1.29, 1.82) is 0 Å². The molecule has 7 nitrogen and oxygen atoms in total. The van der Waals surface area contributed by atoms with Gasteiger partial charge in [-0.1, -0.05) is 32.9 Å². The molecule has 1 saturated heterocycles. The average molecular weight is 398 g/mol. The number of benzene rings is 1. The Morgan fingerprint density at radius 3 is 2.48 bits per heavy atom. The highest BCUT2D eigenvalue weighted by Gasteiger charge is 2.15. The number of nitrogens with one attached hydrogen (secondary N) is 2. The van der Waals surface area contributed by atoms with Crippen LogP contribution in [-0.2, 0) is 10.2 Å². The number of morpholine rings is 1. The topological polar surface area (TPSA) is 79.4 Å². The zero-order valence-electron chi connectivity index (χ0n) is 17.8. The van der Waals surface area contributed by atoms with Gasteiger partial charge in [0.15, 0.2) is 0 Å². The summed E-state index contributed by atoms with van der Waals surface area (Å²) in [7, 11) is 0. The molecule has 7 heteroatoms. The van der Waals surface area contributed by atoms with Crippen LogP contribution in [0.5, 0.6) is 0 Å². The third-order valence-corrected chi connectivity index (χ3v) is 4.91. The van der Waals surface area contributed by atoms with Crippen molar-refractivity contribution in [2.45, 2.75) is 33.1 Å². The van der Waals surface area contributed by atoms with Gasteiger partial charge in [0.1, 0.15) is 5.69 Å². The van der Waals surface area contributed by atoms with Crippen molar-refractivity contribution in [2.24, 2.45) is 0 Å². The minimum Gasteiger partial charge on any atom is -0.379 e. The van der Waals surface area contributed by atoms with Crippen molar-refractivity contribution in [1.82, 2.24) is 20.2 Å². The first kappa shape index (κ1) is 21.2. The third kappa shape index (κ3) is 6.24. The van der Waals surface area contributed by atoms with Crippen LogP contribution in [0.3, 0.4) is 0 Å². The first-order valence-electron chi connectivity index (χ1n) is 10.1. The molecular weight excluding hydrogens is 366 g/mol. The number of amides is 1. The molecule has 1 aromatic heterocycles. The highest BCUT2D eigenvalue weighted by molar-refractivity contribution is 5.92. The standard InChI is InChI=1S/C22H31N5O2/c1-16-15-19(20(28)23-9-10-27-11-13-29-14-12-27)26-21(24-16)25-18-7-5-17(6-8-18)22(2,3)4/h5-8,15H,9-14H2,1-4H3,(H,23,28)(H,24,25,26). The van der Waals surface area contributed by atoms with Gasteiger partial charge in [0.2, 0.25) is 5.95 Å². The number of nitrogens with zero attached hydrogens (tertiary/aromatic N) is 3. The Morgan fingerprint density at radius 2 is 1.83 bits per heavy atom. The van der Waals surface area contributed by atoms with Crippen molar-refractivity contribution in [2.75, 3.05) is 44.7 Å². The molecule has 1 aliphatic rings. The molecular formula is C22H31N5O2. The van der Waals surface area contributed by atoms with Gasteiger partial charge in [-0.15, -0.1) is 0 Å². The smallest absolute Gasteiger partial charge is 0.270 e. The second kappa shape index (κ2) is 9.33. The Hall–Kier alpha value is -2.51. The minimum atomic E-state index is -0.185. The number of carbonyl (C=O) groups excluding carboxylic acids is 1. The predicted molar refractivity (Wildman–Crippen MR) is 115 cm³/mol. The van der Waals surface area contributed by atoms with Crippen LogP contribution in [0.2, 0.25) is 0 Å². The Kier molecular flexibility index (Phi) is 6.82. The monoisotopic (exact) mass is 397 g/mol. The van der Waals surface area contributed by atoms with Gasteiger partial charge in [-0.2, -0.15) is 0 Å². The van der Waals surface area contributed by atoms with Crippen molar-refractivity contribution in [3.05, 3.63) is 47.3 Å². The Morgan fingerprint density at radius 1 is 1.14 bits per heavy atom. The van der Waals surface area contributed by atoms with Gasteiger partial charge in [-0.3, -0.25) is 9.69 Å². The lowest BCUT2D eigenvalue weighted by molar-refractivity contribution is 0.0383. The summed E-state index contributed by atoms with van der Waals surface area (Å²) >= 11 is 0. The number of aromatic nitrogens is 2. The second-order valence-corrected chi connectivity index (χ2v) is 8.38. The van der Waals surface area contributed by atoms with E-state index in [0.717, 1.165) is 44.2 Å². The molecule has 29 heavy (non-hydrogen) atoms. The molecule has 1 aromatic carbocycles. The van der Waals surface area contributed by atoms with Crippen LogP contribution in [0.25, 0.3) is 0 Å². The van der Waals surface area contributed by atoms with Crippen LogP contribution >= 0.6 is 0 Å². The summed E-state index contributed by atoms with van der Waals surface area (Å²) in [6, 6.07) is 9.91. The molecule has 0 aliphatic carbocycles. The highest BCUT2D eigenvalue weighted by atomic mass is 16.5. The third-order valence-electron chi connectivity index (χ3n) is 4.91. The van der Waals surface area contributed by atoms with Gasteiger partial charge in [0.25, 0.3) is 5.91 Å².